The summed E-state index contributed by atoms with van der Waals surface area (Å²) in [7, 11) is 0. The Morgan fingerprint density at radius 2 is 1.52 bits per heavy atom. The average Bonchev–Trinajstić information content (AvgIpc) is 3.32. The van der Waals surface area contributed by atoms with E-state index >= 15 is 0 Å². The summed E-state index contributed by atoms with van der Waals surface area (Å²) in [5, 5.41) is 7.20. The van der Waals surface area contributed by atoms with E-state index in [-0.39, 0.29) is 11.9 Å². The second-order valence-corrected chi connectivity index (χ2v) is 8.48. The molecular weight excluding hydrogens is 530 g/mol. The predicted octanol–water partition coefficient (Wildman–Crippen LogP) is 7.41. The van der Waals surface area contributed by atoms with E-state index in [2.05, 4.69) is 25.9 Å². The van der Waals surface area contributed by atoms with Crippen LogP contribution >= 0.6 is 0 Å². The number of alkyl halides is 3. The maximum atomic E-state index is 13.9. The molecule has 0 bridgehead atoms. The molecule has 4 aromatic carbocycles. The highest BCUT2D eigenvalue weighted by Gasteiger charge is 2.31. The molecule has 12 heteroatoms. The van der Waals surface area contributed by atoms with E-state index in [1.807, 2.05) is 6.07 Å². The minimum absolute atomic E-state index is 0.278. The first-order valence-electron chi connectivity index (χ1n) is 11.7. The first-order chi connectivity index (χ1) is 19.1. The number of imidazole rings is 1. The fourth-order valence-corrected chi connectivity index (χ4v) is 3.71. The number of amides is 3. The van der Waals surface area contributed by atoms with Crippen molar-refractivity contribution in [2.45, 2.75) is 6.18 Å². The number of ether oxygens (including phenoxy) is 1. The molecule has 0 fully saturated rings. The molecule has 0 atom stereocenters. The number of carbonyl (C=O) groups is 2. The van der Waals surface area contributed by atoms with Gasteiger partial charge in [0.15, 0.2) is 0 Å². The minimum Gasteiger partial charge on any atom is -0.457 e. The zero-order valence-electron chi connectivity index (χ0n) is 20.3. The SMILES string of the molecule is O=C(Nc1ccc(Oc2ccc3nc(NC(=O)c4ccccc4)[nH]c3c2)cc1)Nc1cc(C(F)(F)F)ccc1F. The lowest BCUT2D eigenvalue weighted by molar-refractivity contribution is -0.137. The van der Waals surface area contributed by atoms with Gasteiger partial charge in [-0.25, -0.2) is 14.2 Å². The lowest BCUT2D eigenvalue weighted by atomic mass is 10.2. The Balaban J connectivity index is 1.20. The van der Waals surface area contributed by atoms with Gasteiger partial charge in [0.2, 0.25) is 5.95 Å². The quantitative estimate of drug-likeness (QED) is 0.165. The number of fused-ring (bicyclic) bond motifs is 1. The van der Waals surface area contributed by atoms with Gasteiger partial charge in [-0.05, 0) is 66.7 Å². The topological polar surface area (TPSA) is 108 Å². The van der Waals surface area contributed by atoms with Crippen LogP contribution in [0.25, 0.3) is 11.0 Å². The normalized spacial score (nSPS) is 11.2. The van der Waals surface area contributed by atoms with E-state index in [0.717, 1.165) is 0 Å². The maximum absolute atomic E-state index is 13.9. The Morgan fingerprint density at radius 3 is 2.25 bits per heavy atom. The molecule has 5 aromatic rings. The van der Waals surface area contributed by atoms with Crippen molar-refractivity contribution < 1.29 is 31.9 Å². The predicted molar refractivity (Wildman–Crippen MR) is 141 cm³/mol. The Hall–Kier alpha value is -5.39. The summed E-state index contributed by atoms with van der Waals surface area (Å²) < 4.78 is 58.4. The van der Waals surface area contributed by atoms with Gasteiger partial charge in [0.25, 0.3) is 5.91 Å². The van der Waals surface area contributed by atoms with Gasteiger partial charge in [0, 0.05) is 17.3 Å². The third-order valence-corrected chi connectivity index (χ3v) is 5.61. The lowest BCUT2D eigenvalue weighted by Crippen LogP contribution is -2.20. The smallest absolute Gasteiger partial charge is 0.416 e. The molecule has 0 saturated carbocycles. The number of nitrogens with zero attached hydrogens (tertiary/aromatic N) is 1. The molecule has 0 unspecified atom stereocenters. The van der Waals surface area contributed by atoms with Crippen molar-refractivity contribution in [2.75, 3.05) is 16.0 Å². The van der Waals surface area contributed by atoms with Crippen LogP contribution in [0.5, 0.6) is 11.5 Å². The number of halogens is 4. The number of nitrogens with one attached hydrogen (secondary N) is 4. The van der Waals surface area contributed by atoms with E-state index in [1.54, 1.807) is 54.6 Å². The number of benzene rings is 4. The molecule has 4 N–H and O–H groups in total. The first kappa shape index (κ1) is 26.2. The zero-order chi connectivity index (χ0) is 28.3. The largest absolute Gasteiger partial charge is 0.457 e. The van der Waals surface area contributed by atoms with Crippen molar-refractivity contribution in [3.63, 3.8) is 0 Å². The van der Waals surface area contributed by atoms with E-state index in [4.69, 9.17) is 4.74 Å². The van der Waals surface area contributed by atoms with Crippen LogP contribution in [0.2, 0.25) is 0 Å². The monoisotopic (exact) mass is 549 g/mol. The van der Waals surface area contributed by atoms with Crippen molar-refractivity contribution in [3.05, 3.63) is 108 Å². The van der Waals surface area contributed by atoms with Gasteiger partial charge in [-0.2, -0.15) is 13.2 Å². The second kappa shape index (κ2) is 10.8. The molecule has 0 aliphatic rings. The Morgan fingerprint density at radius 1 is 0.800 bits per heavy atom. The van der Waals surface area contributed by atoms with Gasteiger partial charge in [-0.15, -0.1) is 0 Å². The highest BCUT2D eigenvalue weighted by molar-refractivity contribution is 6.04. The van der Waals surface area contributed by atoms with Gasteiger partial charge >= 0.3 is 12.2 Å². The summed E-state index contributed by atoms with van der Waals surface area (Å²) in [5.74, 6) is -0.146. The van der Waals surface area contributed by atoms with E-state index in [0.29, 0.717) is 52.0 Å². The van der Waals surface area contributed by atoms with Crippen molar-refractivity contribution in [2.24, 2.45) is 0 Å². The third-order valence-electron chi connectivity index (χ3n) is 5.61. The molecule has 0 aliphatic heterocycles. The summed E-state index contributed by atoms with van der Waals surface area (Å²) in [6, 6.07) is 20.7. The molecule has 0 saturated heterocycles. The van der Waals surface area contributed by atoms with Crippen molar-refractivity contribution >= 4 is 40.3 Å². The number of hydrogen-bond donors (Lipinski definition) is 4. The van der Waals surface area contributed by atoms with E-state index in [9.17, 15) is 27.2 Å². The van der Waals surface area contributed by atoms with Gasteiger partial charge in [0.05, 0.1) is 22.3 Å². The maximum Gasteiger partial charge on any atom is 0.416 e. The Bertz CT molecular complexity index is 1690. The van der Waals surface area contributed by atoms with Crippen molar-refractivity contribution in [1.82, 2.24) is 9.97 Å². The summed E-state index contributed by atoms with van der Waals surface area (Å²) >= 11 is 0. The first-order valence-corrected chi connectivity index (χ1v) is 11.7. The summed E-state index contributed by atoms with van der Waals surface area (Å²) in [5.41, 5.74) is 0.317. The van der Waals surface area contributed by atoms with Crippen LogP contribution in [-0.4, -0.2) is 21.9 Å². The van der Waals surface area contributed by atoms with Crippen LogP contribution in [0.4, 0.5) is 39.7 Å². The lowest BCUT2D eigenvalue weighted by Gasteiger charge is -2.12. The van der Waals surface area contributed by atoms with E-state index < -0.39 is 29.3 Å². The van der Waals surface area contributed by atoms with Crippen molar-refractivity contribution in [1.29, 1.82) is 0 Å². The van der Waals surface area contributed by atoms with Crippen LogP contribution in [0.15, 0.2) is 91.0 Å². The Labute approximate surface area is 224 Å². The highest BCUT2D eigenvalue weighted by Crippen LogP contribution is 2.32. The molecule has 1 heterocycles. The molecule has 40 heavy (non-hydrogen) atoms. The molecule has 0 radical (unpaired) electrons. The van der Waals surface area contributed by atoms with Gasteiger partial charge in [-0.1, -0.05) is 18.2 Å². The molecule has 5 rings (SSSR count). The molecule has 0 spiro atoms. The number of aromatic amines is 1. The molecule has 8 nitrogen and oxygen atoms in total. The second-order valence-electron chi connectivity index (χ2n) is 8.48. The third kappa shape index (κ3) is 6.18. The standard InChI is InChI=1S/C28H19F4N5O3/c29-21-12-6-17(28(30,31)32)14-23(21)36-27(39)33-18-7-9-19(10-8-18)40-20-11-13-22-24(15-20)35-26(34-22)37-25(38)16-4-2-1-3-5-16/h1-15H,(H2,33,36,39)(H2,34,35,37,38). The summed E-state index contributed by atoms with van der Waals surface area (Å²) in [4.78, 5) is 31.9. The molecule has 3 amide bonds. The van der Waals surface area contributed by atoms with Gasteiger partial charge in [0.1, 0.15) is 17.3 Å². The average molecular weight is 549 g/mol. The molecule has 1 aromatic heterocycles. The van der Waals surface area contributed by atoms with Crippen LogP contribution in [-0.2, 0) is 6.18 Å². The van der Waals surface area contributed by atoms with Gasteiger partial charge in [-0.3, -0.25) is 10.1 Å². The fourth-order valence-electron chi connectivity index (χ4n) is 3.71. The van der Waals surface area contributed by atoms with Gasteiger partial charge < -0.3 is 20.4 Å². The fraction of sp³-hybridized carbons (Fsp3) is 0.0357. The van der Waals surface area contributed by atoms with Crippen molar-refractivity contribution in [3.8, 4) is 11.5 Å². The number of hydrogen-bond acceptors (Lipinski definition) is 4. The Kier molecular flexibility index (Phi) is 7.06. The number of rotatable bonds is 6. The zero-order valence-corrected chi connectivity index (χ0v) is 20.3. The number of carbonyl (C=O) groups excluding carboxylic acids is 2. The number of aromatic nitrogens is 2. The highest BCUT2D eigenvalue weighted by atomic mass is 19.4. The molecule has 202 valence electrons. The summed E-state index contributed by atoms with van der Waals surface area (Å²) in [6.45, 7) is 0. The number of urea groups is 1. The van der Waals surface area contributed by atoms with Crippen LogP contribution < -0.4 is 20.7 Å². The van der Waals surface area contributed by atoms with Crippen LogP contribution in [0, 0.1) is 5.82 Å². The number of H-pyrrole nitrogens is 1. The number of anilines is 3. The van der Waals surface area contributed by atoms with Crippen LogP contribution in [0.3, 0.4) is 0 Å². The van der Waals surface area contributed by atoms with E-state index in [1.165, 1.54) is 12.1 Å². The molecule has 0 aliphatic carbocycles. The molecular formula is C28H19F4N5O3. The van der Waals surface area contributed by atoms with Crippen LogP contribution in [0.1, 0.15) is 15.9 Å². The minimum atomic E-state index is -4.68. The summed E-state index contributed by atoms with van der Waals surface area (Å²) in [6.07, 6.45) is -4.68.